The van der Waals surface area contributed by atoms with Crippen LogP contribution in [-0.4, -0.2) is 22.4 Å². The van der Waals surface area contributed by atoms with E-state index in [9.17, 15) is 14.4 Å². The first-order chi connectivity index (χ1) is 14.0. The largest absolute Gasteiger partial charge is 0.343 e. The van der Waals surface area contributed by atoms with Crippen molar-refractivity contribution < 1.29 is 14.4 Å². The molecule has 1 aliphatic heterocycles. The van der Waals surface area contributed by atoms with Crippen LogP contribution in [0.2, 0.25) is 5.02 Å². The molecule has 0 aliphatic carbocycles. The standard InChI is InChI=1S/C22H16ClN3O3/c1-2-11-25-13-14(17-5-3-4-6-19(17)25)12-18-20(27)24-22(29)26(21(18)28)16-9-7-15(23)8-10-16/h2-10,12-13H,1,11H2,(H,24,27,29)/b18-12+. The lowest BCUT2D eigenvalue weighted by molar-refractivity contribution is -0.122. The van der Waals surface area contributed by atoms with Crippen molar-refractivity contribution in [3.05, 3.63) is 83.5 Å². The molecule has 1 aliphatic rings. The number of allylic oxidation sites excluding steroid dienone is 1. The summed E-state index contributed by atoms with van der Waals surface area (Å²) >= 11 is 5.89. The molecule has 7 heteroatoms. The number of carbonyl (C=O) groups excluding carboxylic acids is 3. The minimum absolute atomic E-state index is 0.124. The number of benzene rings is 2. The van der Waals surface area contributed by atoms with E-state index >= 15 is 0 Å². The number of halogens is 1. The van der Waals surface area contributed by atoms with Gasteiger partial charge in [0.05, 0.1) is 5.69 Å². The van der Waals surface area contributed by atoms with Crippen LogP contribution in [0.4, 0.5) is 10.5 Å². The Morgan fingerprint density at radius 1 is 1.03 bits per heavy atom. The van der Waals surface area contributed by atoms with Crippen LogP contribution in [0.15, 0.2) is 73.0 Å². The summed E-state index contributed by atoms with van der Waals surface area (Å²) < 4.78 is 1.97. The average Bonchev–Trinajstić information content (AvgIpc) is 3.04. The second-order valence-electron chi connectivity index (χ2n) is 6.48. The number of aromatic nitrogens is 1. The molecule has 0 bridgehead atoms. The van der Waals surface area contributed by atoms with Crippen molar-refractivity contribution in [3.63, 3.8) is 0 Å². The van der Waals surface area contributed by atoms with Gasteiger partial charge in [0.2, 0.25) is 0 Å². The number of imide groups is 2. The number of para-hydroxylation sites is 1. The summed E-state index contributed by atoms with van der Waals surface area (Å²) in [6.07, 6.45) is 5.13. The van der Waals surface area contributed by atoms with Gasteiger partial charge in [-0.3, -0.25) is 14.9 Å². The Balaban J connectivity index is 1.80. The first-order valence-corrected chi connectivity index (χ1v) is 9.23. The van der Waals surface area contributed by atoms with Gasteiger partial charge in [-0.2, -0.15) is 0 Å². The van der Waals surface area contributed by atoms with Crippen molar-refractivity contribution in [1.82, 2.24) is 9.88 Å². The Morgan fingerprint density at radius 2 is 1.76 bits per heavy atom. The fourth-order valence-corrected chi connectivity index (χ4v) is 3.44. The summed E-state index contributed by atoms with van der Waals surface area (Å²) in [5, 5.41) is 3.59. The quantitative estimate of drug-likeness (QED) is 0.402. The van der Waals surface area contributed by atoms with E-state index in [0.717, 1.165) is 15.8 Å². The zero-order valence-corrected chi connectivity index (χ0v) is 16.0. The van der Waals surface area contributed by atoms with Gasteiger partial charge < -0.3 is 4.57 Å². The Hall–Kier alpha value is -3.64. The number of barbiturate groups is 1. The Morgan fingerprint density at radius 3 is 2.48 bits per heavy atom. The van der Waals surface area contributed by atoms with Crippen LogP contribution in [0.1, 0.15) is 5.56 Å². The van der Waals surface area contributed by atoms with Gasteiger partial charge in [0, 0.05) is 34.2 Å². The van der Waals surface area contributed by atoms with Crippen molar-refractivity contribution in [2.45, 2.75) is 6.54 Å². The highest BCUT2D eigenvalue weighted by Crippen LogP contribution is 2.27. The SMILES string of the molecule is C=CCn1cc(/C=C2\C(=O)NC(=O)N(c3ccc(Cl)cc3)C2=O)c2ccccc21. The maximum absolute atomic E-state index is 13.0. The molecule has 29 heavy (non-hydrogen) atoms. The van der Waals surface area contributed by atoms with E-state index in [1.165, 1.54) is 6.08 Å². The van der Waals surface area contributed by atoms with E-state index in [1.807, 2.05) is 35.0 Å². The monoisotopic (exact) mass is 405 g/mol. The van der Waals surface area contributed by atoms with E-state index in [-0.39, 0.29) is 5.57 Å². The van der Waals surface area contributed by atoms with E-state index < -0.39 is 17.8 Å². The smallest absolute Gasteiger partial charge is 0.335 e. The first-order valence-electron chi connectivity index (χ1n) is 8.85. The molecule has 0 atom stereocenters. The van der Waals surface area contributed by atoms with Gasteiger partial charge in [0.15, 0.2) is 0 Å². The summed E-state index contributed by atoms with van der Waals surface area (Å²) in [4.78, 5) is 38.7. The topological polar surface area (TPSA) is 71.4 Å². The summed E-state index contributed by atoms with van der Waals surface area (Å²) in [6, 6.07) is 13.1. The fourth-order valence-electron chi connectivity index (χ4n) is 3.32. The lowest BCUT2D eigenvalue weighted by atomic mass is 10.1. The third-order valence-corrected chi connectivity index (χ3v) is 4.88. The lowest BCUT2D eigenvalue weighted by Gasteiger charge is -2.26. The Labute approximate surface area is 171 Å². The van der Waals surface area contributed by atoms with Gasteiger partial charge in [0.1, 0.15) is 5.57 Å². The van der Waals surface area contributed by atoms with E-state index in [0.29, 0.717) is 22.8 Å². The zero-order chi connectivity index (χ0) is 20.5. The van der Waals surface area contributed by atoms with Crippen LogP contribution in [0.3, 0.4) is 0 Å². The van der Waals surface area contributed by atoms with Crippen LogP contribution in [0, 0.1) is 0 Å². The van der Waals surface area contributed by atoms with Crippen molar-refractivity contribution in [3.8, 4) is 0 Å². The summed E-state index contributed by atoms with van der Waals surface area (Å²) in [5.41, 5.74) is 1.85. The summed E-state index contributed by atoms with van der Waals surface area (Å²) in [7, 11) is 0. The number of anilines is 1. The van der Waals surface area contributed by atoms with Gasteiger partial charge in [-0.1, -0.05) is 35.9 Å². The lowest BCUT2D eigenvalue weighted by Crippen LogP contribution is -2.54. The predicted octanol–water partition coefficient (Wildman–Crippen LogP) is 4.15. The predicted molar refractivity (Wildman–Crippen MR) is 113 cm³/mol. The molecular formula is C22H16ClN3O3. The maximum Gasteiger partial charge on any atom is 0.335 e. The summed E-state index contributed by atoms with van der Waals surface area (Å²) in [5.74, 6) is -1.42. The van der Waals surface area contributed by atoms with Crippen molar-refractivity contribution in [1.29, 1.82) is 0 Å². The minimum Gasteiger partial charge on any atom is -0.343 e. The molecule has 6 nitrogen and oxygen atoms in total. The molecule has 4 amide bonds. The highest BCUT2D eigenvalue weighted by atomic mass is 35.5. The van der Waals surface area contributed by atoms with Crippen LogP contribution in [0.25, 0.3) is 17.0 Å². The number of nitrogens with zero attached hydrogens (tertiary/aromatic N) is 2. The number of hydrogen-bond donors (Lipinski definition) is 1. The number of carbonyl (C=O) groups is 3. The molecule has 0 spiro atoms. The second-order valence-corrected chi connectivity index (χ2v) is 6.91. The maximum atomic E-state index is 13.0. The molecule has 1 fully saturated rings. The zero-order valence-electron chi connectivity index (χ0n) is 15.3. The molecule has 3 aromatic rings. The third-order valence-electron chi connectivity index (χ3n) is 4.63. The highest BCUT2D eigenvalue weighted by molar-refractivity contribution is 6.39. The van der Waals surface area contributed by atoms with E-state index in [4.69, 9.17) is 11.6 Å². The molecule has 2 heterocycles. The van der Waals surface area contributed by atoms with Crippen molar-refractivity contribution in [2.75, 3.05) is 4.90 Å². The molecule has 0 radical (unpaired) electrons. The van der Waals surface area contributed by atoms with Crippen LogP contribution in [-0.2, 0) is 16.1 Å². The molecule has 1 aromatic heterocycles. The molecule has 144 valence electrons. The molecule has 1 saturated heterocycles. The molecular weight excluding hydrogens is 390 g/mol. The highest BCUT2D eigenvalue weighted by Gasteiger charge is 2.36. The van der Waals surface area contributed by atoms with Gasteiger partial charge >= 0.3 is 6.03 Å². The van der Waals surface area contributed by atoms with Crippen molar-refractivity contribution in [2.24, 2.45) is 0 Å². The Bertz CT molecular complexity index is 1190. The number of rotatable bonds is 4. The number of amides is 4. The van der Waals surface area contributed by atoms with Gasteiger partial charge in [-0.05, 0) is 36.4 Å². The van der Waals surface area contributed by atoms with Gasteiger partial charge in [-0.25, -0.2) is 9.69 Å². The van der Waals surface area contributed by atoms with Crippen molar-refractivity contribution >= 4 is 52.1 Å². The minimum atomic E-state index is -0.798. The number of fused-ring (bicyclic) bond motifs is 1. The van der Waals surface area contributed by atoms with Crippen LogP contribution < -0.4 is 10.2 Å². The second kappa shape index (κ2) is 7.41. The van der Waals surface area contributed by atoms with Gasteiger partial charge in [-0.15, -0.1) is 6.58 Å². The Kier molecular flexibility index (Phi) is 4.78. The molecule has 0 unspecified atom stereocenters. The van der Waals surface area contributed by atoms with Gasteiger partial charge in [0.25, 0.3) is 11.8 Å². The van der Waals surface area contributed by atoms with E-state index in [1.54, 1.807) is 30.3 Å². The van der Waals surface area contributed by atoms with E-state index in [2.05, 4.69) is 11.9 Å². The summed E-state index contributed by atoms with van der Waals surface area (Å²) in [6.45, 7) is 4.34. The first kappa shape index (κ1) is 18.7. The van der Waals surface area contributed by atoms with Crippen LogP contribution >= 0.6 is 11.6 Å². The number of nitrogens with one attached hydrogen (secondary N) is 1. The fraction of sp³-hybridized carbons (Fsp3) is 0.0455. The molecule has 1 N–H and O–H groups in total. The molecule has 4 rings (SSSR count). The average molecular weight is 406 g/mol. The molecule has 2 aromatic carbocycles. The molecule has 0 saturated carbocycles. The normalized spacial score (nSPS) is 15.8. The van der Waals surface area contributed by atoms with Crippen LogP contribution in [0.5, 0.6) is 0 Å². The number of hydrogen-bond acceptors (Lipinski definition) is 3. The number of urea groups is 1. The third kappa shape index (κ3) is 3.34.